The molecule has 2 aromatic heterocycles. The first-order valence-corrected chi connectivity index (χ1v) is 9.95. The van der Waals surface area contributed by atoms with Crippen molar-refractivity contribution in [1.82, 2.24) is 9.55 Å². The van der Waals surface area contributed by atoms with E-state index in [1.165, 1.54) is 22.2 Å². The minimum atomic E-state index is -0.222. The summed E-state index contributed by atoms with van der Waals surface area (Å²) in [6.45, 7) is 9.84. The average Bonchev–Trinajstić information content (AvgIpc) is 2.88. The second-order valence-electron chi connectivity index (χ2n) is 6.50. The molecule has 24 heavy (non-hydrogen) atoms. The van der Waals surface area contributed by atoms with Crippen molar-refractivity contribution in [3.8, 4) is 0 Å². The Bertz CT molecular complexity index is 866. The normalized spacial score (nSPS) is 18.4. The van der Waals surface area contributed by atoms with Crippen LogP contribution in [0.25, 0.3) is 10.2 Å². The highest BCUT2D eigenvalue weighted by molar-refractivity contribution is 8.00. The van der Waals surface area contributed by atoms with Crippen molar-refractivity contribution in [2.75, 3.05) is 0 Å². The van der Waals surface area contributed by atoms with Crippen LogP contribution in [0.4, 0.5) is 0 Å². The summed E-state index contributed by atoms with van der Waals surface area (Å²) < 4.78 is 1.66. The summed E-state index contributed by atoms with van der Waals surface area (Å²) >= 11 is 3.00. The van der Waals surface area contributed by atoms with Crippen molar-refractivity contribution >= 4 is 39.1 Å². The molecule has 3 rings (SSSR count). The summed E-state index contributed by atoms with van der Waals surface area (Å²) in [6.07, 6.45) is 4.82. The quantitative estimate of drug-likeness (QED) is 0.461. The fraction of sp³-hybridized carbons (Fsp3) is 0.500. The fourth-order valence-electron chi connectivity index (χ4n) is 3.03. The number of ketones is 1. The van der Waals surface area contributed by atoms with Crippen molar-refractivity contribution in [3.05, 3.63) is 33.4 Å². The Kier molecular flexibility index (Phi) is 4.97. The Hall–Kier alpha value is -1.40. The first-order valence-electron chi connectivity index (χ1n) is 8.25. The van der Waals surface area contributed by atoms with E-state index in [2.05, 4.69) is 13.5 Å². The van der Waals surface area contributed by atoms with Gasteiger partial charge in [-0.05, 0) is 44.6 Å². The molecule has 0 aliphatic heterocycles. The van der Waals surface area contributed by atoms with Gasteiger partial charge in [-0.25, -0.2) is 4.98 Å². The SMILES string of the molecule is C=CCn1c(SC(C)C(C)=O)nc2sc3c(c2c1=O)CCC(C)C3. The van der Waals surface area contributed by atoms with Crippen molar-refractivity contribution in [1.29, 1.82) is 0 Å². The van der Waals surface area contributed by atoms with Gasteiger partial charge in [0, 0.05) is 11.4 Å². The van der Waals surface area contributed by atoms with Crippen LogP contribution in [0.3, 0.4) is 0 Å². The lowest BCUT2D eigenvalue weighted by Gasteiger charge is -2.17. The number of nitrogens with zero attached hydrogens (tertiary/aromatic N) is 2. The zero-order chi connectivity index (χ0) is 17.4. The van der Waals surface area contributed by atoms with Crippen LogP contribution >= 0.6 is 23.1 Å². The van der Waals surface area contributed by atoms with Gasteiger partial charge in [0.15, 0.2) is 5.16 Å². The van der Waals surface area contributed by atoms with Crippen molar-refractivity contribution in [2.24, 2.45) is 5.92 Å². The van der Waals surface area contributed by atoms with Gasteiger partial charge in [0.05, 0.1) is 10.6 Å². The van der Waals surface area contributed by atoms with Gasteiger partial charge in [-0.3, -0.25) is 14.2 Å². The lowest BCUT2D eigenvalue weighted by molar-refractivity contribution is -0.116. The highest BCUT2D eigenvalue weighted by Crippen LogP contribution is 2.36. The van der Waals surface area contributed by atoms with E-state index in [0.717, 1.165) is 29.5 Å². The van der Waals surface area contributed by atoms with E-state index in [9.17, 15) is 9.59 Å². The van der Waals surface area contributed by atoms with Crippen molar-refractivity contribution < 1.29 is 4.79 Å². The number of rotatable bonds is 5. The number of aryl methyl sites for hydroxylation is 1. The molecule has 0 amide bonds. The number of carbonyl (C=O) groups excluding carboxylic acids is 1. The van der Waals surface area contributed by atoms with Gasteiger partial charge >= 0.3 is 0 Å². The summed E-state index contributed by atoms with van der Waals surface area (Å²) in [4.78, 5) is 31.6. The lowest BCUT2D eigenvalue weighted by Crippen LogP contribution is -2.24. The molecule has 0 saturated heterocycles. The molecule has 0 fully saturated rings. The number of aromatic nitrogens is 2. The van der Waals surface area contributed by atoms with Crippen LogP contribution in [0.1, 0.15) is 37.6 Å². The third-order valence-electron chi connectivity index (χ3n) is 4.55. The molecule has 0 saturated carbocycles. The van der Waals surface area contributed by atoms with Crippen LogP contribution in [0.15, 0.2) is 22.6 Å². The van der Waals surface area contributed by atoms with Gasteiger partial charge in [0.25, 0.3) is 5.56 Å². The number of hydrogen-bond acceptors (Lipinski definition) is 5. The predicted octanol–water partition coefficient (Wildman–Crippen LogP) is 3.84. The Morgan fingerprint density at radius 1 is 1.58 bits per heavy atom. The number of Topliss-reactive ketones (excluding diaryl/α,β-unsaturated/α-hetero) is 1. The topological polar surface area (TPSA) is 52.0 Å². The molecule has 0 spiro atoms. The molecule has 0 bridgehead atoms. The molecular weight excluding hydrogens is 340 g/mol. The number of thiophene rings is 1. The number of thioether (sulfide) groups is 1. The van der Waals surface area contributed by atoms with E-state index in [4.69, 9.17) is 4.98 Å². The average molecular weight is 363 g/mol. The maximum atomic E-state index is 13.1. The largest absolute Gasteiger partial charge is 0.299 e. The van der Waals surface area contributed by atoms with Gasteiger partial charge < -0.3 is 0 Å². The van der Waals surface area contributed by atoms with E-state index >= 15 is 0 Å². The molecule has 2 atom stereocenters. The third-order valence-corrected chi connectivity index (χ3v) is 6.90. The van der Waals surface area contributed by atoms with E-state index in [1.807, 2.05) is 6.92 Å². The van der Waals surface area contributed by atoms with Crippen LogP contribution in [0.5, 0.6) is 0 Å². The Labute approximate surface area is 150 Å². The monoisotopic (exact) mass is 362 g/mol. The van der Waals surface area contributed by atoms with Crippen molar-refractivity contribution in [2.45, 2.75) is 57.0 Å². The highest BCUT2D eigenvalue weighted by Gasteiger charge is 2.25. The second-order valence-corrected chi connectivity index (χ2v) is 8.89. The molecular formula is C18H22N2O2S2. The molecule has 1 aliphatic carbocycles. The van der Waals surface area contributed by atoms with Crippen LogP contribution in [-0.4, -0.2) is 20.6 Å². The maximum Gasteiger partial charge on any atom is 0.263 e. The molecule has 1 aliphatic rings. The summed E-state index contributed by atoms with van der Waals surface area (Å²) in [6, 6.07) is 0. The Balaban J connectivity index is 2.18. The molecule has 0 aromatic carbocycles. The Morgan fingerprint density at radius 2 is 2.33 bits per heavy atom. The number of allylic oxidation sites excluding steroid dienone is 1. The lowest BCUT2D eigenvalue weighted by atomic mass is 9.89. The fourth-order valence-corrected chi connectivity index (χ4v) is 5.37. The molecule has 0 radical (unpaired) electrons. The molecule has 2 unspecified atom stereocenters. The van der Waals surface area contributed by atoms with Gasteiger partial charge in [-0.2, -0.15) is 0 Å². The van der Waals surface area contributed by atoms with Crippen LogP contribution in [0.2, 0.25) is 0 Å². The van der Waals surface area contributed by atoms with Gasteiger partial charge in [-0.15, -0.1) is 17.9 Å². The second kappa shape index (κ2) is 6.84. The highest BCUT2D eigenvalue weighted by atomic mass is 32.2. The number of hydrogen-bond donors (Lipinski definition) is 0. The zero-order valence-corrected chi connectivity index (χ0v) is 15.9. The van der Waals surface area contributed by atoms with Crippen LogP contribution in [0, 0.1) is 5.92 Å². The molecule has 128 valence electrons. The van der Waals surface area contributed by atoms with E-state index in [0.29, 0.717) is 17.6 Å². The summed E-state index contributed by atoms with van der Waals surface area (Å²) in [5, 5.41) is 1.17. The van der Waals surface area contributed by atoms with E-state index in [1.54, 1.807) is 28.9 Å². The summed E-state index contributed by atoms with van der Waals surface area (Å²) in [5.41, 5.74) is 1.20. The molecule has 2 heterocycles. The molecule has 4 nitrogen and oxygen atoms in total. The predicted molar refractivity (Wildman–Crippen MR) is 101 cm³/mol. The first kappa shape index (κ1) is 17.4. The first-order chi connectivity index (χ1) is 11.4. The van der Waals surface area contributed by atoms with Gasteiger partial charge in [0.2, 0.25) is 0 Å². The minimum Gasteiger partial charge on any atom is -0.299 e. The van der Waals surface area contributed by atoms with Gasteiger partial charge in [0.1, 0.15) is 10.6 Å². The standard InChI is InChI=1S/C18H22N2O2S2/c1-5-8-20-17(22)15-13-7-6-10(2)9-14(13)24-16(15)19-18(20)23-12(4)11(3)21/h5,10,12H,1,6-9H2,2-4H3. The van der Waals surface area contributed by atoms with Gasteiger partial charge in [-0.1, -0.05) is 24.8 Å². The summed E-state index contributed by atoms with van der Waals surface area (Å²) in [5.74, 6) is 0.742. The third kappa shape index (κ3) is 3.09. The van der Waals surface area contributed by atoms with Crippen LogP contribution < -0.4 is 5.56 Å². The summed E-state index contributed by atoms with van der Waals surface area (Å²) in [7, 11) is 0. The smallest absolute Gasteiger partial charge is 0.263 e. The van der Waals surface area contributed by atoms with E-state index in [-0.39, 0.29) is 16.6 Å². The minimum absolute atomic E-state index is 0.00482. The molecule has 6 heteroatoms. The number of carbonyl (C=O) groups is 1. The zero-order valence-electron chi connectivity index (χ0n) is 14.3. The van der Waals surface area contributed by atoms with Crippen LogP contribution in [-0.2, 0) is 24.2 Å². The number of fused-ring (bicyclic) bond motifs is 3. The molecule has 2 aromatic rings. The maximum absolute atomic E-state index is 13.1. The Morgan fingerprint density at radius 3 is 3.00 bits per heavy atom. The van der Waals surface area contributed by atoms with Crippen molar-refractivity contribution in [3.63, 3.8) is 0 Å². The molecule has 0 N–H and O–H groups in total. The van der Waals surface area contributed by atoms with E-state index < -0.39 is 0 Å².